The van der Waals surface area contributed by atoms with E-state index >= 15 is 0 Å². The first-order valence-electron chi connectivity index (χ1n) is 29.5. The second kappa shape index (κ2) is 55.0. The first kappa shape index (κ1) is 63.4. The molecule has 6 heteroatoms. The van der Waals surface area contributed by atoms with Crippen LogP contribution in [0.4, 0.5) is 0 Å². The highest BCUT2D eigenvalue weighted by atomic mass is 16.6. The molecule has 0 aromatic heterocycles. The molecule has 0 amide bonds. The minimum absolute atomic E-state index is 0.0609. The van der Waals surface area contributed by atoms with Crippen LogP contribution < -0.4 is 0 Å². The lowest BCUT2D eigenvalue weighted by Gasteiger charge is -2.18. The standard InChI is InChI=1S/C59H114O6/c1-4-7-10-13-16-19-22-25-28-31-34-37-40-43-46-49-52-58(61)64-55-56(54-63-57(60)51-48-45-42-39-36-33-30-27-24-21-18-15-12-9-6-3)65-59(62)53-50-47-44-41-38-35-32-29-26-23-20-17-14-11-8-5-2/h56H,4-55H2,1-3H3. The van der Waals surface area contributed by atoms with Gasteiger partial charge in [-0.1, -0.05) is 303 Å². The molecule has 6 nitrogen and oxygen atoms in total. The monoisotopic (exact) mass is 919 g/mol. The van der Waals surface area contributed by atoms with Gasteiger partial charge in [-0.05, 0) is 19.3 Å². The van der Waals surface area contributed by atoms with Gasteiger partial charge >= 0.3 is 17.9 Å². The Hall–Kier alpha value is -1.59. The second-order valence-electron chi connectivity index (χ2n) is 20.3. The van der Waals surface area contributed by atoms with E-state index in [1.807, 2.05) is 0 Å². The van der Waals surface area contributed by atoms with Gasteiger partial charge in [0.15, 0.2) is 6.10 Å². The average Bonchev–Trinajstić information content (AvgIpc) is 3.30. The molecule has 0 aliphatic heterocycles. The Kier molecular flexibility index (Phi) is 53.7. The molecule has 0 fully saturated rings. The Labute approximate surface area is 406 Å². The minimum atomic E-state index is -0.761. The maximum absolute atomic E-state index is 12.9. The van der Waals surface area contributed by atoms with Crippen LogP contribution in [0.3, 0.4) is 0 Å². The van der Waals surface area contributed by atoms with Gasteiger partial charge in [0.25, 0.3) is 0 Å². The van der Waals surface area contributed by atoms with Crippen molar-refractivity contribution in [2.24, 2.45) is 0 Å². The number of ether oxygens (including phenoxy) is 3. The average molecular weight is 920 g/mol. The molecule has 0 N–H and O–H groups in total. The zero-order valence-corrected chi connectivity index (χ0v) is 44.3. The topological polar surface area (TPSA) is 78.9 Å². The van der Waals surface area contributed by atoms with Crippen LogP contribution in [0, 0.1) is 0 Å². The SMILES string of the molecule is CCCCCCCCCCCCCCCCCCC(=O)OCC(COC(=O)CCCCCCCCCCCCCCCCC)OC(=O)CCCCCCCCCCCCCCCCCC. The lowest BCUT2D eigenvalue weighted by molar-refractivity contribution is -0.167. The molecule has 0 saturated carbocycles. The first-order chi connectivity index (χ1) is 32.0. The minimum Gasteiger partial charge on any atom is -0.462 e. The van der Waals surface area contributed by atoms with Gasteiger partial charge in [-0.25, -0.2) is 0 Å². The third-order valence-electron chi connectivity index (χ3n) is 13.6. The largest absolute Gasteiger partial charge is 0.462 e. The van der Waals surface area contributed by atoms with Crippen molar-refractivity contribution >= 4 is 17.9 Å². The highest BCUT2D eigenvalue weighted by molar-refractivity contribution is 5.71. The maximum atomic E-state index is 12.9. The second-order valence-corrected chi connectivity index (χ2v) is 20.3. The number of hydrogen-bond donors (Lipinski definition) is 0. The number of carbonyl (C=O) groups excluding carboxylic acids is 3. The van der Waals surface area contributed by atoms with Crippen molar-refractivity contribution in [3.63, 3.8) is 0 Å². The molecule has 0 saturated heterocycles. The van der Waals surface area contributed by atoms with Crippen molar-refractivity contribution in [3.8, 4) is 0 Å². The van der Waals surface area contributed by atoms with Crippen LogP contribution in [-0.2, 0) is 28.6 Å². The van der Waals surface area contributed by atoms with Crippen molar-refractivity contribution in [3.05, 3.63) is 0 Å². The number of esters is 3. The van der Waals surface area contributed by atoms with E-state index in [-0.39, 0.29) is 31.1 Å². The summed E-state index contributed by atoms with van der Waals surface area (Å²) >= 11 is 0. The number of unbranched alkanes of at least 4 members (excludes halogenated alkanes) is 44. The summed E-state index contributed by atoms with van der Waals surface area (Å²) < 4.78 is 16.9. The van der Waals surface area contributed by atoms with E-state index in [2.05, 4.69) is 20.8 Å². The predicted molar refractivity (Wildman–Crippen MR) is 280 cm³/mol. The Morgan fingerprint density at radius 2 is 0.415 bits per heavy atom. The van der Waals surface area contributed by atoms with Crippen LogP contribution in [0.1, 0.15) is 342 Å². The zero-order valence-electron chi connectivity index (χ0n) is 44.3. The van der Waals surface area contributed by atoms with E-state index in [1.165, 1.54) is 244 Å². The Morgan fingerprint density at radius 3 is 0.615 bits per heavy atom. The molecule has 1 unspecified atom stereocenters. The molecule has 0 rings (SSSR count). The predicted octanol–water partition coefficient (Wildman–Crippen LogP) is 19.5. The summed E-state index contributed by atoms with van der Waals surface area (Å²) in [6.45, 7) is 6.71. The smallest absolute Gasteiger partial charge is 0.306 e. The summed E-state index contributed by atoms with van der Waals surface area (Å²) in [5.41, 5.74) is 0. The molecule has 0 aromatic rings. The molecule has 1 atom stereocenters. The van der Waals surface area contributed by atoms with Crippen LogP contribution in [-0.4, -0.2) is 37.2 Å². The highest BCUT2D eigenvalue weighted by Crippen LogP contribution is 2.18. The van der Waals surface area contributed by atoms with Crippen molar-refractivity contribution in [1.29, 1.82) is 0 Å². The fourth-order valence-electron chi connectivity index (χ4n) is 9.15. The molecule has 386 valence electrons. The molecule has 0 aliphatic carbocycles. The van der Waals surface area contributed by atoms with Crippen molar-refractivity contribution in [1.82, 2.24) is 0 Å². The maximum Gasteiger partial charge on any atom is 0.306 e. The highest BCUT2D eigenvalue weighted by Gasteiger charge is 2.19. The summed E-state index contributed by atoms with van der Waals surface area (Å²) in [5.74, 6) is -0.830. The molecule has 0 heterocycles. The van der Waals surface area contributed by atoms with Crippen LogP contribution >= 0.6 is 0 Å². The van der Waals surface area contributed by atoms with Gasteiger partial charge in [-0.2, -0.15) is 0 Å². The van der Waals surface area contributed by atoms with Gasteiger partial charge < -0.3 is 14.2 Å². The van der Waals surface area contributed by atoms with Crippen LogP contribution in [0.15, 0.2) is 0 Å². The van der Waals surface area contributed by atoms with E-state index in [4.69, 9.17) is 14.2 Å². The van der Waals surface area contributed by atoms with Gasteiger partial charge in [0.1, 0.15) is 13.2 Å². The van der Waals surface area contributed by atoms with Crippen LogP contribution in [0.5, 0.6) is 0 Å². The molecule has 65 heavy (non-hydrogen) atoms. The van der Waals surface area contributed by atoms with E-state index in [0.29, 0.717) is 19.3 Å². The Bertz CT molecular complexity index is 967. The number of hydrogen-bond acceptors (Lipinski definition) is 6. The van der Waals surface area contributed by atoms with Gasteiger partial charge in [0.2, 0.25) is 0 Å². The molecule has 0 aliphatic rings. The molecule has 0 bridgehead atoms. The lowest BCUT2D eigenvalue weighted by atomic mass is 10.0. The van der Waals surface area contributed by atoms with Gasteiger partial charge in [-0.15, -0.1) is 0 Å². The van der Waals surface area contributed by atoms with Gasteiger partial charge in [0.05, 0.1) is 0 Å². The molecule has 0 spiro atoms. The summed E-state index contributed by atoms with van der Waals surface area (Å²) in [4.78, 5) is 38.2. The summed E-state index contributed by atoms with van der Waals surface area (Å²) in [6.07, 6.45) is 60.9. The van der Waals surface area contributed by atoms with Crippen molar-refractivity contribution in [2.75, 3.05) is 13.2 Å². The third-order valence-corrected chi connectivity index (χ3v) is 13.6. The van der Waals surface area contributed by atoms with Crippen LogP contribution in [0.25, 0.3) is 0 Å². The number of rotatable bonds is 55. The lowest BCUT2D eigenvalue weighted by Crippen LogP contribution is -2.30. The van der Waals surface area contributed by atoms with E-state index < -0.39 is 6.10 Å². The van der Waals surface area contributed by atoms with Crippen molar-refractivity contribution < 1.29 is 28.6 Å². The quantitative estimate of drug-likeness (QED) is 0.0344. The fraction of sp³-hybridized carbons (Fsp3) is 0.949. The zero-order chi connectivity index (χ0) is 47.2. The number of carbonyl (C=O) groups is 3. The van der Waals surface area contributed by atoms with E-state index in [9.17, 15) is 14.4 Å². The summed E-state index contributed by atoms with van der Waals surface area (Å²) in [7, 11) is 0. The van der Waals surface area contributed by atoms with Crippen molar-refractivity contribution in [2.45, 2.75) is 348 Å². The van der Waals surface area contributed by atoms with Crippen LogP contribution in [0.2, 0.25) is 0 Å². The first-order valence-corrected chi connectivity index (χ1v) is 29.5. The van der Waals surface area contributed by atoms with Gasteiger partial charge in [0, 0.05) is 19.3 Å². The third kappa shape index (κ3) is 53.2. The van der Waals surface area contributed by atoms with Gasteiger partial charge in [-0.3, -0.25) is 14.4 Å². The molecule has 0 radical (unpaired) electrons. The molecular weight excluding hydrogens is 805 g/mol. The van der Waals surface area contributed by atoms with E-state index in [0.717, 1.165) is 57.8 Å². The summed E-state index contributed by atoms with van der Waals surface area (Å²) in [6, 6.07) is 0. The normalized spacial score (nSPS) is 11.9. The Balaban J connectivity index is 4.29. The summed E-state index contributed by atoms with van der Waals surface area (Å²) in [5, 5.41) is 0. The fourth-order valence-corrected chi connectivity index (χ4v) is 9.15. The molecule has 0 aromatic carbocycles. The molecular formula is C59H114O6. The van der Waals surface area contributed by atoms with E-state index in [1.54, 1.807) is 0 Å². The Morgan fingerprint density at radius 1 is 0.246 bits per heavy atom.